The van der Waals surface area contributed by atoms with Crippen molar-refractivity contribution in [1.82, 2.24) is 10.2 Å². The molecule has 0 aliphatic carbocycles. The number of ether oxygens (including phenoxy) is 3. The van der Waals surface area contributed by atoms with Gasteiger partial charge in [-0.15, -0.1) is 0 Å². The molecule has 1 N–H and O–H groups in total. The Hall–Kier alpha value is -2.28. The van der Waals surface area contributed by atoms with Gasteiger partial charge in [0.2, 0.25) is 18.6 Å². The first-order valence-electron chi connectivity index (χ1n) is 7.63. The molecule has 2 aliphatic rings. The largest absolute Gasteiger partial charge is 0.454 e. The van der Waals surface area contributed by atoms with Crippen molar-refractivity contribution in [3.63, 3.8) is 0 Å². The van der Waals surface area contributed by atoms with Crippen LogP contribution in [0.1, 0.15) is 18.4 Å². The second kappa shape index (κ2) is 6.87. The standard InChI is InChI=1S/C16H20N2O5/c1-21-7-6-17-16(20)12-3-5-15(19)18(12)9-11-2-4-13-14(8-11)23-10-22-13/h2,4,8,12H,3,5-7,9-10H2,1H3,(H,17,20)/t12-/m1/s1. The van der Waals surface area contributed by atoms with Crippen LogP contribution in [0.25, 0.3) is 0 Å². The average Bonchev–Trinajstić information content (AvgIpc) is 3.14. The molecular formula is C16H20N2O5. The number of hydrogen-bond acceptors (Lipinski definition) is 5. The molecule has 7 nitrogen and oxygen atoms in total. The van der Waals surface area contributed by atoms with E-state index in [0.29, 0.717) is 44.0 Å². The third kappa shape index (κ3) is 3.39. The van der Waals surface area contributed by atoms with Crippen molar-refractivity contribution >= 4 is 11.8 Å². The first kappa shape index (κ1) is 15.6. The molecule has 0 bridgehead atoms. The van der Waals surface area contributed by atoms with Crippen LogP contribution in [0, 0.1) is 0 Å². The van der Waals surface area contributed by atoms with Crippen LogP contribution < -0.4 is 14.8 Å². The SMILES string of the molecule is COCCNC(=O)[C@H]1CCC(=O)N1Cc1ccc2c(c1)OCO2. The minimum atomic E-state index is -0.426. The predicted octanol–water partition coefficient (Wildman–Crippen LogP) is 0.669. The van der Waals surface area contributed by atoms with Crippen molar-refractivity contribution in [3.8, 4) is 11.5 Å². The van der Waals surface area contributed by atoms with E-state index in [4.69, 9.17) is 14.2 Å². The van der Waals surface area contributed by atoms with Crippen LogP contribution in [0.15, 0.2) is 18.2 Å². The maximum Gasteiger partial charge on any atom is 0.242 e. The third-order valence-electron chi connectivity index (χ3n) is 4.03. The lowest BCUT2D eigenvalue weighted by molar-refractivity contribution is -0.135. The lowest BCUT2D eigenvalue weighted by atomic mass is 10.1. The highest BCUT2D eigenvalue weighted by Crippen LogP contribution is 2.33. The maximum absolute atomic E-state index is 12.2. The van der Waals surface area contributed by atoms with Crippen LogP contribution >= 0.6 is 0 Å². The summed E-state index contributed by atoms with van der Waals surface area (Å²) in [6.07, 6.45) is 0.940. The van der Waals surface area contributed by atoms with Gasteiger partial charge in [-0.2, -0.15) is 0 Å². The zero-order valence-electron chi connectivity index (χ0n) is 13.0. The van der Waals surface area contributed by atoms with E-state index in [2.05, 4.69) is 5.32 Å². The number of benzene rings is 1. The van der Waals surface area contributed by atoms with Gasteiger partial charge in [-0.3, -0.25) is 9.59 Å². The number of fused-ring (bicyclic) bond motifs is 1. The zero-order valence-corrected chi connectivity index (χ0v) is 13.0. The van der Waals surface area contributed by atoms with Crippen LogP contribution in [0.5, 0.6) is 11.5 Å². The number of carbonyl (C=O) groups excluding carboxylic acids is 2. The first-order valence-corrected chi connectivity index (χ1v) is 7.63. The summed E-state index contributed by atoms with van der Waals surface area (Å²) in [6, 6.07) is 5.14. The lowest BCUT2D eigenvalue weighted by Crippen LogP contribution is -2.45. The molecule has 1 aromatic carbocycles. The van der Waals surface area contributed by atoms with E-state index in [1.807, 2.05) is 18.2 Å². The van der Waals surface area contributed by atoms with Crippen molar-refractivity contribution in [2.24, 2.45) is 0 Å². The molecule has 124 valence electrons. The Kier molecular flexibility index (Phi) is 4.66. The molecule has 0 radical (unpaired) electrons. The van der Waals surface area contributed by atoms with E-state index in [9.17, 15) is 9.59 Å². The molecule has 0 unspecified atom stereocenters. The number of rotatable bonds is 6. The maximum atomic E-state index is 12.2. The Morgan fingerprint density at radius 3 is 3.04 bits per heavy atom. The van der Waals surface area contributed by atoms with Crippen molar-refractivity contribution < 1.29 is 23.8 Å². The van der Waals surface area contributed by atoms with Crippen molar-refractivity contribution in [1.29, 1.82) is 0 Å². The monoisotopic (exact) mass is 320 g/mol. The third-order valence-corrected chi connectivity index (χ3v) is 4.03. The molecule has 3 rings (SSSR count). The summed E-state index contributed by atoms with van der Waals surface area (Å²) in [5.74, 6) is 1.24. The van der Waals surface area contributed by atoms with Crippen molar-refractivity contribution in [2.45, 2.75) is 25.4 Å². The molecule has 0 saturated carbocycles. The molecule has 0 spiro atoms. The Balaban J connectivity index is 1.66. The number of hydrogen-bond donors (Lipinski definition) is 1. The summed E-state index contributed by atoms with van der Waals surface area (Å²) in [5, 5.41) is 2.80. The molecule has 1 aromatic rings. The highest BCUT2D eigenvalue weighted by molar-refractivity contribution is 5.90. The number of nitrogens with zero attached hydrogens (tertiary/aromatic N) is 1. The van der Waals surface area contributed by atoms with Gasteiger partial charge in [-0.05, 0) is 24.1 Å². The molecule has 2 amide bonds. The Bertz CT molecular complexity index is 604. The molecule has 7 heteroatoms. The fraction of sp³-hybridized carbons (Fsp3) is 0.500. The molecule has 1 saturated heterocycles. The lowest BCUT2D eigenvalue weighted by Gasteiger charge is -2.24. The van der Waals surface area contributed by atoms with Gasteiger partial charge >= 0.3 is 0 Å². The van der Waals surface area contributed by atoms with Gasteiger partial charge in [0.05, 0.1) is 6.61 Å². The van der Waals surface area contributed by atoms with Gasteiger partial charge in [0.25, 0.3) is 0 Å². The summed E-state index contributed by atoms with van der Waals surface area (Å²) in [5.41, 5.74) is 0.916. The predicted molar refractivity (Wildman–Crippen MR) is 81.0 cm³/mol. The molecule has 23 heavy (non-hydrogen) atoms. The van der Waals surface area contributed by atoms with Crippen LogP contribution in [-0.4, -0.2) is 49.8 Å². The summed E-state index contributed by atoms with van der Waals surface area (Å²) in [4.78, 5) is 26.0. The normalized spacial score (nSPS) is 19.3. The minimum Gasteiger partial charge on any atom is -0.454 e. The Morgan fingerprint density at radius 1 is 1.39 bits per heavy atom. The van der Waals surface area contributed by atoms with E-state index in [1.54, 1.807) is 12.0 Å². The van der Waals surface area contributed by atoms with Crippen LogP contribution in [0.4, 0.5) is 0 Å². The number of methoxy groups -OCH3 is 1. The van der Waals surface area contributed by atoms with Crippen LogP contribution in [-0.2, 0) is 20.9 Å². The fourth-order valence-electron chi connectivity index (χ4n) is 2.83. The van der Waals surface area contributed by atoms with Gasteiger partial charge in [-0.25, -0.2) is 0 Å². The van der Waals surface area contributed by atoms with Gasteiger partial charge in [0, 0.05) is 26.6 Å². The highest BCUT2D eigenvalue weighted by atomic mass is 16.7. The fourth-order valence-corrected chi connectivity index (χ4v) is 2.83. The van der Waals surface area contributed by atoms with E-state index in [-0.39, 0.29) is 18.6 Å². The topological polar surface area (TPSA) is 77.1 Å². The molecule has 0 aromatic heterocycles. The van der Waals surface area contributed by atoms with Gasteiger partial charge < -0.3 is 24.4 Å². The van der Waals surface area contributed by atoms with Gasteiger partial charge in [0.1, 0.15) is 6.04 Å². The zero-order chi connectivity index (χ0) is 16.2. The molecule has 2 heterocycles. The van der Waals surface area contributed by atoms with Crippen molar-refractivity contribution in [3.05, 3.63) is 23.8 Å². The summed E-state index contributed by atoms with van der Waals surface area (Å²) >= 11 is 0. The Labute approximate surface area is 134 Å². The van der Waals surface area contributed by atoms with Crippen LogP contribution in [0.3, 0.4) is 0 Å². The Morgan fingerprint density at radius 2 is 2.22 bits per heavy atom. The number of nitrogens with one attached hydrogen (secondary N) is 1. The van der Waals surface area contributed by atoms with E-state index < -0.39 is 6.04 Å². The minimum absolute atomic E-state index is 0.00504. The number of likely N-dealkylation sites (tertiary alicyclic amines) is 1. The summed E-state index contributed by atoms with van der Waals surface area (Å²) < 4.78 is 15.6. The summed E-state index contributed by atoms with van der Waals surface area (Å²) in [7, 11) is 1.58. The number of amides is 2. The molecule has 1 atom stereocenters. The highest BCUT2D eigenvalue weighted by Gasteiger charge is 2.35. The van der Waals surface area contributed by atoms with E-state index in [0.717, 1.165) is 5.56 Å². The first-order chi connectivity index (χ1) is 11.2. The molecule has 1 fully saturated rings. The van der Waals surface area contributed by atoms with Gasteiger partial charge in [0.15, 0.2) is 11.5 Å². The number of carbonyl (C=O) groups is 2. The van der Waals surface area contributed by atoms with E-state index in [1.165, 1.54) is 0 Å². The van der Waals surface area contributed by atoms with Crippen LogP contribution in [0.2, 0.25) is 0 Å². The molecule has 2 aliphatic heterocycles. The van der Waals surface area contributed by atoms with E-state index >= 15 is 0 Å². The summed E-state index contributed by atoms with van der Waals surface area (Å²) in [6.45, 7) is 1.50. The van der Waals surface area contributed by atoms with Crippen molar-refractivity contribution in [2.75, 3.05) is 27.1 Å². The second-order valence-corrected chi connectivity index (χ2v) is 5.55. The quantitative estimate of drug-likeness (QED) is 0.780. The van der Waals surface area contributed by atoms with Gasteiger partial charge in [-0.1, -0.05) is 6.07 Å². The second-order valence-electron chi connectivity index (χ2n) is 5.55. The average molecular weight is 320 g/mol. The smallest absolute Gasteiger partial charge is 0.242 e. The molecular weight excluding hydrogens is 300 g/mol.